The summed E-state index contributed by atoms with van der Waals surface area (Å²) < 4.78 is 1.50. The SMILES string of the molecule is Cc1ccccc1C1CCCN1C(=O)c1ccn(-c2cccc([N+](=O)[O-])c2)n1. The van der Waals surface area contributed by atoms with Crippen molar-refractivity contribution in [3.63, 3.8) is 0 Å². The van der Waals surface area contributed by atoms with Crippen LogP contribution in [-0.2, 0) is 0 Å². The van der Waals surface area contributed by atoms with Crippen LogP contribution < -0.4 is 0 Å². The topological polar surface area (TPSA) is 81.3 Å². The third kappa shape index (κ3) is 3.26. The average Bonchev–Trinajstić information content (AvgIpc) is 3.38. The quantitative estimate of drug-likeness (QED) is 0.508. The highest BCUT2D eigenvalue weighted by Gasteiger charge is 2.32. The number of aromatic nitrogens is 2. The number of nitro groups is 1. The van der Waals surface area contributed by atoms with Crippen LogP contribution in [0.3, 0.4) is 0 Å². The van der Waals surface area contributed by atoms with E-state index in [1.807, 2.05) is 17.0 Å². The molecular weight excluding hydrogens is 356 g/mol. The Hall–Kier alpha value is -3.48. The van der Waals surface area contributed by atoms with E-state index in [0.717, 1.165) is 12.8 Å². The molecule has 0 aliphatic carbocycles. The summed E-state index contributed by atoms with van der Waals surface area (Å²) in [7, 11) is 0. The van der Waals surface area contributed by atoms with Gasteiger partial charge in [0.25, 0.3) is 11.6 Å². The highest BCUT2D eigenvalue weighted by molar-refractivity contribution is 5.92. The molecule has 2 aromatic carbocycles. The molecule has 7 nitrogen and oxygen atoms in total. The lowest BCUT2D eigenvalue weighted by Gasteiger charge is -2.25. The summed E-state index contributed by atoms with van der Waals surface area (Å²) in [5.41, 5.74) is 3.22. The molecule has 0 spiro atoms. The molecular formula is C21H20N4O3. The first kappa shape index (κ1) is 17.9. The van der Waals surface area contributed by atoms with Crippen LogP contribution in [0, 0.1) is 17.0 Å². The maximum absolute atomic E-state index is 13.1. The zero-order valence-electron chi connectivity index (χ0n) is 15.5. The number of amides is 1. The van der Waals surface area contributed by atoms with Gasteiger partial charge in [0.2, 0.25) is 0 Å². The Morgan fingerprint density at radius 1 is 1.18 bits per heavy atom. The van der Waals surface area contributed by atoms with E-state index >= 15 is 0 Å². The molecule has 3 aromatic rings. The largest absolute Gasteiger partial charge is 0.330 e. The van der Waals surface area contributed by atoms with E-state index in [-0.39, 0.29) is 17.6 Å². The summed E-state index contributed by atoms with van der Waals surface area (Å²) in [6, 6.07) is 16.0. The minimum absolute atomic E-state index is 0.0139. The minimum Gasteiger partial charge on any atom is -0.330 e. The fourth-order valence-corrected chi connectivity index (χ4v) is 3.77. The highest BCUT2D eigenvalue weighted by atomic mass is 16.6. The summed E-state index contributed by atoms with van der Waals surface area (Å²) in [5, 5.41) is 15.4. The number of carbonyl (C=O) groups excluding carboxylic acids is 1. The first-order chi connectivity index (χ1) is 13.5. The molecule has 1 unspecified atom stereocenters. The number of benzene rings is 2. The Morgan fingerprint density at radius 3 is 2.79 bits per heavy atom. The van der Waals surface area contributed by atoms with Crippen molar-refractivity contribution in [2.24, 2.45) is 0 Å². The van der Waals surface area contributed by atoms with Crippen molar-refractivity contribution >= 4 is 11.6 Å². The number of hydrogen-bond acceptors (Lipinski definition) is 4. The monoisotopic (exact) mass is 376 g/mol. The van der Waals surface area contributed by atoms with Gasteiger partial charge in [-0.1, -0.05) is 30.3 Å². The lowest BCUT2D eigenvalue weighted by molar-refractivity contribution is -0.384. The van der Waals surface area contributed by atoms with Crippen molar-refractivity contribution in [3.05, 3.63) is 87.7 Å². The van der Waals surface area contributed by atoms with Gasteiger partial charge in [0.05, 0.1) is 16.7 Å². The van der Waals surface area contributed by atoms with Crippen LogP contribution >= 0.6 is 0 Å². The number of likely N-dealkylation sites (tertiary alicyclic amines) is 1. The number of rotatable bonds is 4. The molecule has 1 saturated heterocycles. The van der Waals surface area contributed by atoms with Gasteiger partial charge < -0.3 is 4.90 Å². The summed E-state index contributed by atoms with van der Waals surface area (Å²) in [4.78, 5) is 25.5. The van der Waals surface area contributed by atoms with E-state index in [1.54, 1.807) is 24.4 Å². The Labute approximate surface area is 162 Å². The van der Waals surface area contributed by atoms with Gasteiger partial charge in [-0.05, 0) is 43.0 Å². The Balaban J connectivity index is 1.60. The third-order valence-corrected chi connectivity index (χ3v) is 5.17. The van der Waals surface area contributed by atoms with Gasteiger partial charge in [-0.3, -0.25) is 14.9 Å². The van der Waals surface area contributed by atoms with Crippen LogP contribution in [0.5, 0.6) is 0 Å². The minimum atomic E-state index is -0.448. The molecule has 1 atom stereocenters. The van der Waals surface area contributed by atoms with Crippen LogP contribution in [0.15, 0.2) is 60.8 Å². The van der Waals surface area contributed by atoms with Crippen molar-refractivity contribution in [1.82, 2.24) is 14.7 Å². The summed E-state index contributed by atoms with van der Waals surface area (Å²) in [6.07, 6.45) is 3.55. The first-order valence-corrected chi connectivity index (χ1v) is 9.21. The molecule has 28 heavy (non-hydrogen) atoms. The van der Waals surface area contributed by atoms with Crippen LogP contribution in [0.4, 0.5) is 5.69 Å². The van der Waals surface area contributed by atoms with E-state index in [4.69, 9.17) is 0 Å². The van der Waals surface area contributed by atoms with Crippen molar-refractivity contribution in [2.75, 3.05) is 6.54 Å². The third-order valence-electron chi connectivity index (χ3n) is 5.17. The van der Waals surface area contributed by atoms with Crippen molar-refractivity contribution < 1.29 is 9.72 Å². The molecule has 7 heteroatoms. The predicted octanol–water partition coefficient (Wildman–Crippen LogP) is 4.07. The zero-order valence-corrected chi connectivity index (χ0v) is 15.5. The van der Waals surface area contributed by atoms with Gasteiger partial charge >= 0.3 is 0 Å². The zero-order chi connectivity index (χ0) is 19.7. The van der Waals surface area contributed by atoms with Gasteiger partial charge in [0.15, 0.2) is 5.69 Å². The number of aryl methyl sites for hydroxylation is 1. The molecule has 1 aromatic heterocycles. The second-order valence-corrected chi connectivity index (χ2v) is 6.94. The Kier molecular flexibility index (Phi) is 4.65. The molecule has 4 rings (SSSR count). The van der Waals surface area contributed by atoms with Crippen LogP contribution in [0.25, 0.3) is 5.69 Å². The summed E-state index contributed by atoms with van der Waals surface area (Å²) in [5.74, 6) is -0.116. The lowest BCUT2D eigenvalue weighted by Crippen LogP contribution is -2.31. The molecule has 0 bridgehead atoms. The second-order valence-electron chi connectivity index (χ2n) is 6.94. The standard InChI is InChI=1S/C21H20N4O3/c1-15-6-2-3-9-18(15)20-10-5-12-23(20)21(26)19-11-13-24(22-19)16-7-4-8-17(14-16)25(27)28/h2-4,6-9,11,13-14,20H,5,10,12H2,1H3. The fourth-order valence-electron chi connectivity index (χ4n) is 3.77. The number of hydrogen-bond donors (Lipinski definition) is 0. The van der Waals surface area contributed by atoms with Crippen molar-refractivity contribution in [3.8, 4) is 5.69 Å². The molecule has 0 N–H and O–H groups in total. The molecule has 0 saturated carbocycles. The molecule has 1 aliphatic heterocycles. The smallest absolute Gasteiger partial charge is 0.274 e. The molecule has 1 amide bonds. The van der Waals surface area contributed by atoms with Gasteiger partial charge in [0.1, 0.15) is 0 Å². The van der Waals surface area contributed by atoms with Gasteiger partial charge in [-0.15, -0.1) is 0 Å². The molecule has 142 valence electrons. The first-order valence-electron chi connectivity index (χ1n) is 9.21. The van der Waals surface area contributed by atoms with Crippen LogP contribution in [0.1, 0.15) is 40.5 Å². The highest BCUT2D eigenvalue weighted by Crippen LogP contribution is 2.34. The van der Waals surface area contributed by atoms with Gasteiger partial charge in [0, 0.05) is 24.9 Å². The van der Waals surface area contributed by atoms with Gasteiger partial charge in [-0.2, -0.15) is 5.10 Å². The summed E-state index contributed by atoms with van der Waals surface area (Å²) >= 11 is 0. The number of nitro benzene ring substituents is 1. The number of non-ortho nitro benzene ring substituents is 1. The Bertz CT molecular complexity index is 1040. The van der Waals surface area contributed by atoms with E-state index in [9.17, 15) is 14.9 Å². The molecule has 2 heterocycles. The Morgan fingerprint density at radius 2 is 2.00 bits per heavy atom. The van der Waals surface area contributed by atoms with E-state index in [0.29, 0.717) is 17.9 Å². The predicted molar refractivity (Wildman–Crippen MR) is 104 cm³/mol. The fraction of sp³-hybridized carbons (Fsp3) is 0.238. The molecule has 1 aliphatic rings. The molecule has 1 fully saturated rings. The number of nitrogens with zero attached hydrogens (tertiary/aromatic N) is 4. The number of carbonyl (C=O) groups is 1. The van der Waals surface area contributed by atoms with Gasteiger partial charge in [-0.25, -0.2) is 4.68 Å². The molecule has 0 radical (unpaired) electrons. The average molecular weight is 376 g/mol. The maximum Gasteiger partial charge on any atom is 0.274 e. The van der Waals surface area contributed by atoms with E-state index in [2.05, 4.69) is 24.2 Å². The van der Waals surface area contributed by atoms with E-state index in [1.165, 1.54) is 27.9 Å². The maximum atomic E-state index is 13.1. The van der Waals surface area contributed by atoms with Crippen molar-refractivity contribution in [2.45, 2.75) is 25.8 Å². The van der Waals surface area contributed by atoms with E-state index < -0.39 is 4.92 Å². The normalized spacial score (nSPS) is 16.3. The van der Waals surface area contributed by atoms with Crippen LogP contribution in [0.2, 0.25) is 0 Å². The van der Waals surface area contributed by atoms with Crippen molar-refractivity contribution in [1.29, 1.82) is 0 Å². The van der Waals surface area contributed by atoms with Crippen LogP contribution in [-0.4, -0.2) is 32.1 Å². The summed E-state index contributed by atoms with van der Waals surface area (Å²) in [6.45, 7) is 2.76. The second kappa shape index (κ2) is 7.26. The lowest BCUT2D eigenvalue weighted by atomic mass is 9.99.